The Morgan fingerprint density at radius 1 is 1.22 bits per heavy atom. The molecule has 2 atom stereocenters. The van der Waals surface area contributed by atoms with Gasteiger partial charge in [0, 0.05) is 13.1 Å². The number of amides is 1. The molecule has 126 valence electrons. The van der Waals surface area contributed by atoms with Crippen LogP contribution in [0.3, 0.4) is 0 Å². The summed E-state index contributed by atoms with van der Waals surface area (Å²) in [5, 5.41) is 0. The number of ether oxygens (including phenoxy) is 1. The highest BCUT2D eigenvalue weighted by atomic mass is 32.2. The summed E-state index contributed by atoms with van der Waals surface area (Å²) < 4.78 is 6.12. The molecule has 23 heavy (non-hydrogen) atoms. The molecular formula is C18H26N2O2S. The second-order valence-electron chi connectivity index (χ2n) is 6.29. The first kappa shape index (κ1) is 16.8. The van der Waals surface area contributed by atoms with Crippen molar-refractivity contribution >= 4 is 17.7 Å². The maximum Gasteiger partial charge on any atom is 0.233 e. The van der Waals surface area contributed by atoms with Crippen molar-refractivity contribution in [3.63, 3.8) is 0 Å². The molecule has 0 aromatic heterocycles. The summed E-state index contributed by atoms with van der Waals surface area (Å²) >= 11 is 1.59. The first-order valence-corrected chi connectivity index (χ1v) is 9.86. The van der Waals surface area contributed by atoms with Gasteiger partial charge < -0.3 is 14.5 Å². The van der Waals surface area contributed by atoms with Crippen LogP contribution in [0, 0.1) is 0 Å². The van der Waals surface area contributed by atoms with E-state index in [4.69, 9.17) is 4.74 Å². The third-order valence-electron chi connectivity index (χ3n) is 4.72. The maximum atomic E-state index is 12.6. The highest BCUT2D eigenvalue weighted by molar-refractivity contribution is 7.99. The Morgan fingerprint density at radius 3 is 2.65 bits per heavy atom. The van der Waals surface area contributed by atoms with Crippen LogP contribution in [0.4, 0.5) is 0 Å². The predicted molar refractivity (Wildman–Crippen MR) is 94.7 cm³/mol. The number of benzene rings is 1. The van der Waals surface area contributed by atoms with Crippen LogP contribution in [0.2, 0.25) is 0 Å². The summed E-state index contributed by atoms with van der Waals surface area (Å²) in [5.41, 5.74) is 1.19. The molecule has 3 rings (SSSR count). The highest BCUT2D eigenvalue weighted by Crippen LogP contribution is 2.31. The van der Waals surface area contributed by atoms with Crippen LogP contribution >= 0.6 is 11.8 Å². The van der Waals surface area contributed by atoms with E-state index in [0.29, 0.717) is 18.9 Å². The molecule has 2 aliphatic heterocycles. The average molecular weight is 334 g/mol. The van der Waals surface area contributed by atoms with Gasteiger partial charge in [-0.3, -0.25) is 4.79 Å². The molecular weight excluding hydrogens is 308 g/mol. The van der Waals surface area contributed by atoms with Crippen molar-refractivity contribution in [2.75, 3.05) is 44.8 Å². The van der Waals surface area contributed by atoms with Crippen LogP contribution in [-0.4, -0.2) is 66.6 Å². The molecule has 1 amide bonds. The third kappa shape index (κ3) is 4.08. The Morgan fingerprint density at radius 2 is 1.96 bits per heavy atom. The van der Waals surface area contributed by atoms with Crippen LogP contribution in [-0.2, 0) is 9.53 Å². The summed E-state index contributed by atoms with van der Waals surface area (Å²) in [7, 11) is 0. The van der Waals surface area contributed by atoms with Crippen molar-refractivity contribution in [3.8, 4) is 0 Å². The average Bonchev–Trinajstić information content (AvgIpc) is 3.09. The number of hydrogen-bond acceptors (Lipinski definition) is 4. The van der Waals surface area contributed by atoms with E-state index in [1.54, 1.807) is 11.8 Å². The number of rotatable bonds is 5. The largest absolute Gasteiger partial charge is 0.373 e. The molecule has 0 saturated carbocycles. The fraction of sp³-hybridized carbons (Fsp3) is 0.611. The van der Waals surface area contributed by atoms with Crippen LogP contribution in [0.15, 0.2) is 30.3 Å². The molecule has 2 heterocycles. The van der Waals surface area contributed by atoms with Crippen molar-refractivity contribution in [2.24, 2.45) is 0 Å². The second-order valence-corrected chi connectivity index (χ2v) is 7.16. The molecule has 0 unspecified atom stereocenters. The number of thioether (sulfide) groups is 1. The molecule has 2 aliphatic rings. The van der Waals surface area contributed by atoms with E-state index in [1.165, 1.54) is 18.4 Å². The van der Waals surface area contributed by atoms with Crippen LogP contribution in [0.5, 0.6) is 0 Å². The van der Waals surface area contributed by atoms with Gasteiger partial charge in [-0.25, -0.2) is 0 Å². The van der Waals surface area contributed by atoms with Gasteiger partial charge in [0.05, 0.1) is 24.5 Å². The van der Waals surface area contributed by atoms with E-state index in [-0.39, 0.29) is 18.1 Å². The molecule has 1 aromatic carbocycles. The second kappa shape index (κ2) is 8.18. The standard InChI is InChI=1S/C18H26N2O2S/c1-23-14-17(21)20-11-12-22-16(13-19-9-5-6-10-19)18(20)15-7-3-2-4-8-15/h2-4,7-8,16,18H,5-6,9-14H2,1H3/t16-,18-/m0/s1. The minimum Gasteiger partial charge on any atom is -0.373 e. The van der Waals surface area contributed by atoms with Crippen molar-refractivity contribution in [1.29, 1.82) is 0 Å². The maximum absolute atomic E-state index is 12.6. The van der Waals surface area contributed by atoms with Gasteiger partial charge in [0.2, 0.25) is 5.91 Å². The summed E-state index contributed by atoms with van der Waals surface area (Å²) in [4.78, 5) is 17.1. The Labute approximate surface area is 143 Å². The summed E-state index contributed by atoms with van der Waals surface area (Å²) in [6.45, 7) is 4.56. The lowest BCUT2D eigenvalue weighted by Gasteiger charge is -2.42. The first-order chi connectivity index (χ1) is 11.3. The molecule has 0 aliphatic carbocycles. The highest BCUT2D eigenvalue weighted by Gasteiger charge is 2.37. The minimum absolute atomic E-state index is 0.0326. The number of nitrogens with zero attached hydrogens (tertiary/aromatic N) is 2. The molecule has 2 saturated heterocycles. The lowest BCUT2D eigenvalue weighted by Crippen LogP contribution is -2.52. The fourth-order valence-electron chi connectivity index (χ4n) is 3.64. The Hall–Kier alpha value is -1.04. The number of carbonyl (C=O) groups excluding carboxylic acids is 1. The first-order valence-electron chi connectivity index (χ1n) is 8.47. The van der Waals surface area contributed by atoms with E-state index in [0.717, 1.165) is 19.6 Å². The lowest BCUT2D eigenvalue weighted by atomic mass is 9.97. The van der Waals surface area contributed by atoms with Crippen LogP contribution in [0.1, 0.15) is 24.4 Å². The fourth-order valence-corrected chi connectivity index (χ4v) is 4.05. The van der Waals surface area contributed by atoms with Gasteiger partial charge in [0.25, 0.3) is 0 Å². The molecule has 0 radical (unpaired) electrons. The molecule has 0 bridgehead atoms. The van der Waals surface area contributed by atoms with Crippen LogP contribution in [0.25, 0.3) is 0 Å². The predicted octanol–water partition coefficient (Wildman–Crippen LogP) is 2.41. The number of morpholine rings is 1. The molecule has 4 nitrogen and oxygen atoms in total. The topological polar surface area (TPSA) is 32.8 Å². The van der Waals surface area contributed by atoms with E-state index < -0.39 is 0 Å². The summed E-state index contributed by atoms with van der Waals surface area (Å²) in [6, 6.07) is 10.4. The summed E-state index contributed by atoms with van der Waals surface area (Å²) in [5.74, 6) is 0.765. The van der Waals surface area contributed by atoms with Gasteiger partial charge in [0.15, 0.2) is 0 Å². The normalized spacial score (nSPS) is 25.7. The van der Waals surface area contributed by atoms with Gasteiger partial charge in [-0.05, 0) is 37.8 Å². The number of hydrogen-bond donors (Lipinski definition) is 0. The third-order valence-corrected chi connectivity index (χ3v) is 5.25. The number of likely N-dealkylation sites (tertiary alicyclic amines) is 1. The Balaban J connectivity index is 1.82. The zero-order valence-corrected chi connectivity index (χ0v) is 14.6. The van der Waals surface area contributed by atoms with Crippen molar-refractivity contribution < 1.29 is 9.53 Å². The van der Waals surface area contributed by atoms with E-state index >= 15 is 0 Å². The van der Waals surface area contributed by atoms with E-state index in [1.807, 2.05) is 29.4 Å². The Bertz CT molecular complexity index is 505. The number of carbonyl (C=O) groups is 1. The molecule has 0 N–H and O–H groups in total. The van der Waals surface area contributed by atoms with Gasteiger partial charge in [-0.2, -0.15) is 11.8 Å². The smallest absolute Gasteiger partial charge is 0.233 e. The monoisotopic (exact) mass is 334 g/mol. The molecule has 5 heteroatoms. The van der Waals surface area contributed by atoms with Crippen molar-refractivity contribution in [3.05, 3.63) is 35.9 Å². The summed E-state index contributed by atoms with van der Waals surface area (Å²) in [6.07, 6.45) is 4.60. The zero-order valence-electron chi connectivity index (χ0n) is 13.8. The van der Waals surface area contributed by atoms with E-state index in [2.05, 4.69) is 17.0 Å². The SMILES string of the molecule is CSCC(=O)N1CCO[C@@H](CN2CCCC2)[C@@H]1c1ccccc1. The lowest BCUT2D eigenvalue weighted by molar-refractivity contribution is -0.145. The van der Waals surface area contributed by atoms with Crippen LogP contribution < -0.4 is 0 Å². The van der Waals surface area contributed by atoms with E-state index in [9.17, 15) is 4.79 Å². The van der Waals surface area contributed by atoms with Gasteiger partial charge >= 0.3 is 0 Å². The van der Waals surface area contributed by atoms with Gasteiger partial charge in [-0.1, -0.05) is 30.3 Å². The quantitative estimate of drug-likeness (QED) is 0.828. The van der Waals surface area contributed by atoms with Gasteiger partial charge in [0.1, 0.15) is 0 Å². The minimum atomic E-state index is 0.0326. The Kier molecular flexibility index (Phi) is 5.97. The molecule has 0 spiro atoms. The molecule has 1 aromatic rings. The zero-order chi connectivity index (χ0) is 16.1. The van der Waals surface area contributed by atoms with Crippen molar-refractivity contribution in [2.45, 2.75) is 25.0 Å². The molecule has 2 fully saturated rings. The van der Waals surface area contributed by atoms with Gasteiger partial charge in [-0.15, -0.1) is 0 Å². The van der Waals surface area contributed by atoms with Crippen molar-refractivity contribution in [1.82, 2.24) is 9.80 Å².